The molecule has 0 aliphatic carbocycles. The fraction of sp³-hybridized carbons (Fsp3) is 0.643. The van der Waals surface area contributed by atoms with Crippen LogP contribution in [0.3, 0.4) is 0 Å². The number of aliphatic hydroxyl groups excluding tert-OH is 1. The minimum Gasteiger partial charge on any atom is -0.396 e. The van der Waals surface area contributed by atoms with E-state index < -0.39 is 0 Å². The van der Waals surface area contributed by atoms with E-state index in [1.165, 1.54) is 0 Å². The maximum Gasteiger partial charge on any atom is 0.255 e. The molecule has 1 aliphatic heterocycles. The highest BCUT2D eigenvalue weighted by atomic mass is 16.3. The number of piperidine rings is 1. The molecular formula is C14H21N3O2. The molecule has 5 nitrogen and oxygen atoms in total. The fourth-order valence-corrected chi connectivity index (χ4v) is 2.60. The third kappa shape index (κ3) is 3.29. The minimum atomic E-state index is 0.0399. The summed E-state index contributed by atoms with van der Waals surface area (Å²) in [6.45, 7) is 5.38. The molecule has 1 fully saturated rings. The summed E-state index contributed by atoms with van der Waals surface area (Å²) in [5.41, 5.74) is 2.09. The Morgan fingerprint density at radius 2 is 2.26 bits per heavy atom. The van der Waals surface area contributed by atoms with Crippen molar-refractivity contribution in [1.82, 2.24) is 15.1 Å². The highest BCUT2D eigenvalue weighted by molar-refractivity contribution is 5.95. The molecule has 1 saturated heterocycles. The predicted octanol–water partition coefficient (Wildman–Crippen LogP) is 1.33. The summed E-state index contributed by atoms with van der Waals surface area (Å²) in [4.78, 5) is 14.4. The van der Waals surface area contributed by atoms with Gasteiger partial charge in [-0.25, -0.2) is 0 Å². The van der Waals surface area contributed by atoms with Crippen molar-refractivity contribution in [1.29, 1.82) is 0 Å². The van der Waals surface area contributed by atoms with Gasteiger partial charge in [-0.1, -0.05) is 0 Å². The second kappa shape index (κ2) is 6.10. The highest BCUT2D eigenvalue weighted by Gasteiger charge is 2.25. The molecule has 1 unspecified atom stereocenters. The number of nitrogens with zero attached hydrogens (tertiary/aromatic N) is 3. The number of hydrogen-bond acceptors (Lipinski definition) is 4. The zero-order valence-electron chi connectivity index (χ0n) is 11.6. The number of carbonyl (C=O) groups is 1. The first-order valence-corrected chi connectivity index (χ1v) is 6.83. The van der Waals surface area contributed by atoms with Gasteiger partial charge in [-0.05, 0) is 45.1 Å². The Labute approximate surface area is 113 Å². The molecule has 1 amide bonds. The van der Waals surface area contributed by atoms with Gasteiger partial charge in [0.05, 0.1) is 17.0 Å². The van der Waals surface area contributed by atoms with E-state index in [-0.39, 0.29) is 12.5 Å². The number of carbonyl (C=O) groups excluding carboxylic acids is 1. The maximum absolute atomic E-state index is 12.5. The standard InChI is InChI=1S/C14H21N3O2/c1-10-8-13(11(2)16-15-10)14(19)17-6-3-4-12(9-17)5-7-18/h8,12,18H,3-7,9H2,1-2H3. The summed E-state index contributed by atoms with van der Waals surface area (Å²) >= 11 is 0. The molecule has 5 heteroatoms. The fourth-order valence-electron chi connectivity index (χ4n) is 2.60. The van der Waals surface area contributed by atoms with Gasteiger partial charge in [0.1, 0.15) is 0 Å². The van der Waals surface area contributed by atoms with Crippen LogP contribution in [-0.2, 0) is 0 Å². The lowest BCUT2D eigenvalue weighted by Crippen LogP contribution is -2.40. The molecule has 1 atom stereocenters. The van der Waals surface area contributed by atoms with Crippen LogP contribution in [0.5, 0.6) is 0 Å². The number of rotatable bonds is 3. The second-order valence-electron chi connectivity index (χ2n) is 5.26. The lowest BCUT2D eigenvalue weighted by Gasteiger charge is -2.32. The molecule has 2 rings (SSSR count). The predicted molar refractivity (Wildman–Crippen MR) is 71.8 cm³/mol. The van der Waals surface area contributed by atoms with Gasteiger partial charge in [0.25, 0.3) is 5.91 Å². The summed E-state index contributed by atoms with van der Waals surface area (Å²) in [5.74, 6) is 0.456. The molecule has 0 aromatic carbocycles. The number of aliphatic hydroxyl groups is 1. The average Bonchev–Trinajstić information content (AvgIpc) is 2.41. The normalized spacial score (nSPS) is 19.5. The Hall–Kier alpha value is -1.49. The molecule has 0 bridgehead atoms. The third-order valence-corrected chi connectivity index (χ3v) is 3.67. The van der Waals surface area contributed by atoms with Crippen molar-refractivity contribution in [2.24, 2.45) is 5.92 Å². The first kappa shape index (κ1) is 13.9. The summed E-state index contributed by atoms with van der Waals surface area (Å²) in [7, 11) is 0. The molecule has 2 heterocycles. The van der Waals surface area contributed by atoms with E-state index in [0.717, 1.165) is 38.0 Å². The molecule has 1 aliphatic rings. The Bertz CT molecular complexity index is 460. The lowest BCUT2D eigenvalue weighted by atomic mass is 9.94. The van der Waals surface area contributed by atoms with Gasteiger partial charge in [-0.15, -0.1) is 0 Å². The van der Waals surface area contributed by atoms with Crippen LogP contribution in [0.25, 0.3) is 0 Å². The lowest BCUT2D eigenvalue weighted by molar-refractivity contribution is 0.0652. The van der Waals surface area contributed by atoms with E-state index in [0.29, 0.717) is 17.2 Å². The molecule has 1 aromatic rings. The third-order valence-electron chi connectivity index (χ3n) is 3.67. The number of hydrogen-bond donors (Lipinski definition) is 1. The van der Waals surface area contributed by atoms with Crippen molar-refractivity contribution < 1.29 is 9.90 Å². The minimum absolute atomic E-state index is 0.0399. The Balaban J connectivity index is 2.12. The molecule has 0 spiro atoms. The van der Waals surface area contributed by atoms with E-state index in [2.05, 4.69) is 10.2 Å². The van der Waals surface area contributed by atoms with Gasteiger partial charge >= 0.3 is 0 Å². The molecule has 1 N–H and O–H groups in total. The van der Waals surface area contributed by atoms with Gasteiger partial charge in [0.15, 0.2) is 0 Å². The zero-order chi connectivity index (χ0) is 13.8. The van der Waals surface area contributed by atoms with Crippen LogP contribution in [0.4, 0.5) is 0 Å². The van der Waals surface area contributed by atoms with Crippen molar-refractivity contribution in [2.45, 2.75) is 33.1 Å². The smallest absolute Gasteiger partial charge is 0.255 e. The first-order chi connectivity index (χ1) is 9.11. The van der Waals surface area contributed by atoms with E-state index in [1.807, 2.05) is 18.7 Å². The van der Waals surface area contributed by atoms with Gasteiger partial charge in [0, 0.05) is 19.7 Å². The second-order valence-corrected chi connectivity index (χ2v) is 5.26. The van der Waals surface area contributed by atoms with Crippen molar-refractivity contribution >= 4 is 5.91 Å². The van der Waals surface area contributed by atoms with E-state index >= 15 is 0 Å². The van der Waals surface area contributed by atoms with Crippen molar-refractivity contribution in [3.8, 4) is 0 Å². The Morgan fingerprint density at radius 1 is 1.47 bits per heavy atom. The molecule has 0 radical (unpaired) electrons. The van der Waals surface area contributed by atoms with Crippen LogP contribution in [0.1, 0.15) is 41.0 Å². The Kier molecular flexibility index (Phi) is 4.47. The topological polar surface area (TPSA) is 66.3 Å². The molecule has 1 aromatic heterocycles. The molecule has 0 saturated carbocycles. The Morgan fingerprint density at radius 3 is 3.00 bits per heavy atom. The van der Waals surface area contributed by atoms with Gasteiger partial charge < -0.3 is 10.0 Å². The number of likely N-dealkylation sites (tertiary alicyclic amines) is 1. The van der Waals surface area contributed by atoms with E-state index in [4.69, 9.17) is 5.11 Å². The van der Waals surface area contributed by atoms with Crippen LogP contribution >= 0.6 is 0 Å². The summed E-state index contributed by atoms with van der Waals surface area (Å²) in [6, 6.07) is 1.81. The highest BCUT2D eigenvalue weighted by Crippen LogP contribution is 2.21. The van der Waals surface area contributed by atoms with Crippen molar-refractivity contribution in [3.63, 3.8) is 0 Å². The molecule has 19 heavy (non-hydrogen) atoms. The van der Waals surface area contributed by atoms with Crippen LogP contribution in [0, 0.1) is 19.8 Å². The average molecular weight is 263 g/mol. The van der Waals surface area contributed by atoms with E-state index in [1.54, 1.807) is 6.07 Å². The first-order valence-electron chi connectivity index (χ1n) is 6.83. The monoisotopic (exact) mass is 263 g/mol. The van der Waals surface area contributed by atoms with Gasteiger partial charge in [-0.3, -0.25) is 4.79 Å². The maximum atomic E-state index is 12.5. The molecular weight excluding hydrogens is 242 g/mol. The van der Waals surface area contributed by atoms with Crippen molar-refractivity contribution in [2.75, 3.05) is 19.7 Å². The summed E-state index contributed by atoms with van der Waals surface area (Å²) in [6.07, 6.45) is 2.88. The van der Waals surface area contributed by atoms with Crippen LogP contribution in [0.2, 0.25) is 0 Å². The van der Waals surface area contributed by atoms with E-state index in [9.17, 15) is 4.79 Å². The number of aryl methyl sites for hydroxylation is 2. The van der Waals surface area contributed by atoms with Crippen molar-refractivity contribution in [3.05, 3.63) is 23.0 Å². The molecule has 104 valence electrons. The zero-order valence-corrected chi connectivity index (χ0v) is 11.6. The van der Waals surface area contributed by atoms with Gasteiger partial charge in [-0.2, -0.15) is 10.2 Å². The van der Waals surface area contributed by atoms with Gasteiger partial charge in [0.2, 0.25) is 0 Å². The SMILES string of the molecule is Cc1cc(C(=O)N2CCCC(CCO)C2)c(C)nn1. The number of amides is 1. The quantitative estimate of drug-likeness (QED) is 0.893. The largest absolute Gasteiger partial charge is 0.396 e. The van der Waals surface area contributed by atoms with Crippen LogP contribution in [0.15, 0.2) is 6.07 Å². The summed E-state index contributed by atoms with van der Waals surface area (Å²) in [5, 5.41) is 17.0. The van der Waals surface area contributed by atoms with Crippen LogP contribution < -0.4 is 0 Å². The number of aromatic nitrogens is 2. The van der Waals surface area contributed by atoms with Crippen LogP contribution in [-0.4, -0.2) is 45.8 Å². The summed E-state index contributed by atoms with van der Waals surface area (Å²) < 4.78 is 0.